The molecule has 2 saturated carbocycles. The Morgan fingerprint density at radius 3 is 1.48 bits per heavy atom. The predicted octanol–water partition coefficient (Wildman–Crippen LogP) is 11.7. The van der Waals surface area contributed by atoms with Crippen molar-refractivity contribution in [3.63, 3.8) is 0 Å². The highest BCUT2D eigenvalue weighted by atomic mass is 19.4. The molecule has 0 spiro atoms. The Bertz CT molecular complexity index is 1420. The number of phenolic OH excluding ortho intramolecular Hbond substituents is 1. The van der Waals surface area contributed by atoms with Gasteiger partial charge in [0.25, 0.3) is 0 Å². The van der Waals surface area contributed by atoms with Crippen molar-refractivity contribution in [2.24, 2.45) is 17.8 Å². The van der Waals surface area contributed by atoms with Crippen molar-refractivity contribution < 1.29 is 63.9 Å². The maximum absolute atomic E-state index is 14.5. The van der Waals surface area contributed by atoms with Crippen LogP contribution in [0.1, 0.15) is 115 Å². The van der Waals surface area contributed by atoms with Gasteiger partial charge < -0.3 is 28.8 Å². The van der Waals surface area contributed by atoms with Crippen LogP contribution >= 0.6 is 0 Å². The minimum atomic E-state index is -4.98. The zero-order valence-corrected chi connectivity index (χ0v) is 31.1. The van der Waals surface area contributed by atoms with E-state index in [9.17, 15) is 40.2 Å². The Morgan fingerprint density at radius 1 is 0.611 bits per heavy atom. The van der Waals surface area contributed by atoms with E-state index in [-0.39, 0.29) is 43.9 Å². The number of hydrogen-bond acceptors (Lipinski definition) is 6. The molecule has 2 aliphatic carbocycles. The lowest BCUT2D eigenvalue weighted by molar-refractivity contribution is -0.142. The van der Waals surface area contributed by atoms with E-state index >= 15 is 0 Å². The third-order valence-electron chi connectivity index (χ3n) is 10.4. The maximum Gasteiger partial charge on any atom is 0.422 e. The molecular weight excluding hydrogens is 728 g/mol. The van der Waals surface area contributed by atoms with Crippen LogP contribution in [0.5, 0.6) is 23.0 Å². The van der Waals surface area contributed by atoms with Crippen LogP contribution in [-0.4, -0.2) is 50.3 Å². The number of halogens is 8. The van der Waals surface area contributed by atoms with Crippen LogP contribution in [0.2, 0.25) is 0 Å². The minimum absolute atomic E-state index is 0.0400. The molecule has 0 aliphatic heterocycles. The predicted molar refractivity (Wildman–Crippen MR) is 187 cm³/mol. The lowest BCUT2D eigenvalue weighted by Gasteiger charge is -2.29. The van der Waals surface area contributed by atoms with Gasteiger partial charge in [-0.05, 0) is 113 Å². The van der Waals surface area contributed by atoms with Gasteiger partial charge >= 0.3 is 12.4 Å². The third-order valence-corrected chi connectivity index (χ3v) is 10.4. The zero-order chi connectivity index (χ0) is 39.3. The van der Waals surface area contributed by atoms with Gasteiger partial charge in [0.15, 0.2) is 23.1 Å². The van der Waals surface area contributed by atoms with E-state index in [1.54, 1.807) is 6.92 Å². The second-order valence-electron chi connectivity index (χ2n) is 14.7. The van der Waals surface area contributed by atoms with Crippen LogP contribution in [0.15, 0.2) is 24.3 Å². The smallest absolute Gasteiger partial charge is 0.422 e. The molecule has 54 heavy (non-hydrogen) atoms. The Kier molecular flexibility index (Phi) is 16.8. The summed E-state index contributed by atoms with van der Waals surface area (Å²) in [6, 6.07) is 4.10. The molecule has 0 amide bonds. The number of unbranched alkanes of at least 4 members (excludes halogenated alkanes) is 2. The fraction of sp³-hybridized carbons (Fsp3) is 0.700. The van der Waals surface area contributed by atoms with E-state index in [1.807, 2.05) is 0 Å². The summed E-state index contributed by atoms with van der Waals surface area (Å²) >= 11 is 0. The lowest BCUT2D eigenvalue weighted by Crippen LogP contribution is -2.26. The fourth-order valence-corrected chi connectivity index (χ4v) is 7.30. The molecule has 2 aromatic rings. The van der Waals surface area contributed by atoms with Gasteiger partial charge in [0.1, 0.15) is 22.6 Å². The van der Waals surface area contributed by atoms with Crippen molar-refractivity contribution in [2.75, 3.05) is 33.0 Å². The summed E-state index contributed by atoms with van der Waals surface area (Å²) in [6.07, 6.45) is 2.81. The van der Waals surface area contributed by atoms with Gasteiger partial charge in [-0.3, -0.25) is 0 Å². The van der Waals surface area contributed by atoms with E-state index in [1.165, 1.54) is 6.07 Å². The summed E-state index contributed by atoms with van der Waals surface area (Å²) in [5.41, 5.74) is -3.02. The largest absolute Gasteiger partial charge is 0.505 e. The Balaban J connectivity index is 0.995. The lowest BCUT2D eigenvalue weighted by atomic mass is 9.88. The normalized spacial score (nSPS) is 21.5. The van der Waals surface area contributed by atoms with Gasteiger partial charge in [0.05, 0.1) is 32.0 Å². The highest BCUT2D eigenvalue weighted by molar-refractivity contribution is 5.44. The van der Waals surface area contributed by atoms with E-state index in [2.05, 4.69) is 6.92 Å². The van der Waals surface area contributed by atoms with Crippen LogP contribution in [0.25, 0.3) is 0 Å². The second kappa shape index (κ2) is 20.8. The number of phenols is 1. The minimum Gasteiger partial charge on any atom is -0.505 e. The summed E-state index contributed by atoms with van der Waals surface area (Å²) in [5.74, 6) is -5.13. The summed E-state index contributed by atoms with van der Waals surface area (Å²) < 4.78 is 137. The van der Waals surface area contributed by atoms with Crippen LogP contribution in [0.3, 0.4) is 0 Å². The Morgan fingerprint density at radius 2 is 1.04 bits per heavy atom. The van der Waals surface area contributed by atoms with Crippen LogP contribution in [-0.2, 0) is 21.8 Å². The number of hydrogen-bond donors (Lipinski definition) is 1. The fourth-order valence-electron chi connectivity index (χ4n) is 7.30. The molecule has 4 rings (SSSR count). The SMILES string of the molecule is CCOc1ccc(OCC2CCC(OCCCCC(C)CCCCOC3CCC(COc4ccc(O)c(F)c4C(F)(F)F)CC3)CC2)c(C(F)(F)F)c1F. The van der Waals surface area contributed by atoms with Crippen LogP contribution in [0, 0.1) is 29.4 Å². The molecular formula is C40H54F8O6. The topological polar surface area (TPSA) is 66.4 Å². The van der Waals surface area contributed by atoms with Gasteiger partial charge in [-0.2, -0.15) is 26.3 Å². The van der Waals surface area contributed by atoms with Gasteiger partial charge in [-0.25, -0.2) is 8.78 Å². The maximum atomic E-state index is 14.5. The molecule has 0 heterocycles. The first-order valence-corrected chi connectivity index (χ1v) is 19.3. The van der Waals surface area contributed by atoms with Crippen molar-refractivity contribution in [2.45, 2.75) is 128 Å². The van der Waals surface area contributed by atoms with E-state index in [0.29, 0.717) is 19.1 Å². The van der Waals surface area contributed by atoms with Gasteiger partial charge in [0.2, 0.25) is 0 Å². The Labute approximate surface area is 312 Å². The number of rotatable bonds is 20. The van der Waals surface area contributed by atoms with E-state index < -0.39 is 58.1 Å². The number of alkyl halides is 6. The molecule has 0 radical (unpaired) electrons. The first-order chi connectivity index (χ1) is 25.7. The van der Waals surface area contributed by atoms with Crippen molar-refractivity contribution in [3.05, 3.63) is 47.0 Å². The van der Waals surface area contributed by atoms with Crippen molar-refractivity contribution in [3.8, 4) is 23.0 Å². The van der Waals surface area contributed by atoms with E-state index in [0.717, 1.165) is 108 Å². The zero-order valence-electron chi connectivity index (χ0n) is 31.1. The molecule has 1 unspecified atom stereocenters. The van der Waals surface area contributed by atoms with Crippen molar-refractivity contribution in [1.82, 2.24) is 0 Å². The molecule has 0 bridgehead atoms. The molecule has 1 N–H and O–H groups in total. The standard InChI is InChI=1S/C40H54F8O6/c1-3-50-34-21-20-33(36(38(34)42)40(46,47)48)54-25-28-12-16-30(17-13-28)52-23-7-5-9-26(2)8-4-6-22-51-29-14-10-27(11-15-29)24-53-32-19-18-31(49)37(41)35(32)39(43,44)45/h18-21,26-30,49H,3-17,22-25H2,1-2H3. The number of aromatic hydroxyl groups is 1. The monoisotopic (exact) mass is 782 g/mol. The molecule has 0 saturated heterocycles. The highest BCUT2D eigenvalue weighted by Gasteiger charge is 2.41. The van der Waals surface area contributed by atoms with E-state index in [4.69, 9.17) is 23.7 Å². The molecule has 306 valence electrons. The second-order valence-corrected chi connectivity index (χ2v) is 14.7. The van der Waals surface area contributed by atoms with Crippen LogP contribution < -0.4 is 14.2 Å². The number of ether oxygens (including phenoxy) is 5. The molecule has 2 fully saturated rings. The quantitative estimate of drug-likeness (QED) is 0.107. The molecule has 14 heteroatoms. The summed E-state index contributed by atoms with van der Waals surface area (Å²) in [6.45, 7) is 5.32. The van der Waals surface area contributed by atoms with Gasteiger partial charge in [-0.1, -0.05) is 32.6 Å². The van der Waals surface area contributed by atoms with Gasteiger partial charge in [-0.15, -0.1) is 0 Å². The molecule has 2 aromatic carbocycles. The molecule has 6 nitrogen and oxygen atoms in total. The number of benzene rings is 2. The first-order valence-electron chi connectivity index (χ1n) is 19.3. The molecule has 0 aromatic heterocycles. The van der Waals surface area contributed by atoms with Gasteiger partial charge in [0, 0.05) is 13.2 Å². The first kappa shape index (κ1) is 43.7. The Hall–Kier alpha value is -3.00. The average Bonchev–Trinajstić information content (AvgIpc) is 3.12. The summed E-state index contributed by atoms with van der Waals surface area (Å²) in [4.78, 5) is 0. The summed E-state index contributed by atoms with van der Waals surface area (Å²) in [7, 11) is 0. The molecule has 2 aliphatic rings. The summed E-state index contributed by atoms with van der Waals surface area (Å²) in [5, 5.41) is 9.35. The van der Waals surface area contributed by atoms with Crippen molar-refractivity contribution >= 4 is 0 Å². The molecule has 1 atom stereocenters. The van der Waals surface area contributed by atoms with Crippen molar-refractivity contribution in [1.29, 1.82) is 0 Å². The highest BCUT2D eigenvalue weighted by Crippen LogP contribution is 2.43. The average molecular weight is 783 g/mol. The third kappa shape index (κ3) is 13.3. The van der Waals surface area contributed by atoms with Crippen LogP contribution in [0.4, 0.5) is 35.1 Å².